The van der Waals surface area contributed by atoms with Crippen molar-refractivity contribution in [1.29, 1.82) is 0 Å². The third-order valence-corrected chi connectivity index (χ3v) is 4.62. The number of benzene rings is 2. The summed E-state index contributed by atoms with van der Waals surface area (Å²) in [6.07, 6.45) is 0.834. The lowest BCUT2D eigenvalue weighted by atomic mass is 10.0. The molecular weight excluding hydrogens is 306 g/mol. The van der Waals surface area contributed by atoms with Crippen LogP contribution in [0.4, 0.5) is 0 Å². The van der Waals surface area contributed by atoms with E-state index in [2.05, 4.69) is 19.2 Å². The molecule has 1 amide bonds. The third-order valence-electron chi connectivity index (χ3n) is 3.66. The number of amides is 1. The largest absolute Gasteiger partial charge is 0.497 e. The number of methoxy groups -OCH3 is 1. The zero-order valence-electron chi connectivity index (χ0n) is 13.8. The molecule has 0 saturated heterocycles. The van der Waals surface area contributed by atoms with Crippen molar-refractivity contribution in [3.8, 4) is 5.75 Å². The maximum atomic E-state index is 12.7. The summed E-state index contributed by atoms with van der Waals surface area (Å²) in [5.74, 6) is 1.74. The highest BCUT2D eigenvalue weighted by Crippen LogP contribution is 2.24. The maximum absolute atomic E-state index is 12.7. The molecule has 4 heteroatoms. The van der Waals surface area contributed by atoms with Crippen LogP contribution in [0.25, 0.3) is 0 Å². The minimum Gasteiger partial charge on any atom is -0.497 e. The van der Waals surface area contributed by atoms with Gasteiger partial charge in [0.1, 0.15) is 5.75 Å². The summed E-state index contributed by atoms with van der Waals surface area (Å²) >= 11 is 1.69. The van der Waals surface area contributed by atoms with Crippen LogP contribution in [-0.4, -0.2) is 18.8 Å². The van der Waals surface area contributed by atoms with Crippen molar-refractivity contribution >= 4 is 17.7 Å². The first kappa shape index (κ1) is 17.4. The Hall–Kier alpha value is -1.94. The van der Waals surface area contributed by atoms with Crippen LogP contribution < -0.4 is 10.1 Å². The average Bonchev–Trinajstić information content (AvgIpc) is 2.60. The lowest BCUT2D eigenvalue weighted by Crippen LogP contribution is -2.28. The molecule has 0 saturated carbocycles. The summed E-state index contributed by atoms with van der Waals surface area (Å²) in [6, 6.07) is 15.6. The summed E-state index contributed by atoms with van der Waals surface area (Å²) in [5.41, 5.74) is 1.83. The molecule has 0 radical (unpaired) electrons. The molecule has 0 aliphatic rings. The first-order valence-corrected chi connectivity index (χ1v) is 8.84. The number of thioether (sulfide) groups is 1. The predicted molar refractivity (Wildman–Crippen MR) is 96.3 cm³/mol. The fourth-order valence-corrected chi connectivity index (χ4v) is 3.23. The van der Waals surface area contributed by atoms with Gasteiger partial charge in [-0.05, 0) is 42.0 Å². The van der Waals surface area contributed by atoms with Gasteiger partial charge in [-0.3, -0.25) is 4.79 Å². The van der Waals surface area contributed by atoms with Crippen molar-refractivity contribution < 1.29 is 9.53 Å². The minimum atomic E-state index is -0.0239. The Labute approximate surface area is 142 Å². The number of nitrogens with one attached hydrogen (secondary N) is 1. The smallest absolute Gasteiger partial charge is 0.252 e. The van der Waals surface area contributed by atoms with E-state index < -0.39 is 0 Å². The van der Waals surface area contributed by atoms with Crippen LogP contribution in [0.15, 0.2) is 53.4 Å². The molecule has 0 spiro atoms. The van der Waals surface area contributed by atoms with Gasteiger partial charge in [0.15, 0.2) is 0 Å². The van der Waals surface area contributed by atoms with Crippen LogP contribution >= 0.6 is 11.8 Å². The lowest BCUT2D eigenvalue weighted by Gasteiger charge is -2.19. The van der Waals surface area contributed by atoms with E-state index in [-0.39, 0.29) is 11.9 Å². The number of hydrogen-bond acceptors (Lipinski definition) is 3. The topological polar surface area (TPSA) is 38.3 Å². The molecule has 0 aromatic heterocycles. The molecule has 2 aromatic rings. The highest BCUT2D eigenvalue weighted by Gasteiger charge is 2.16. The van der Waals surface area contributed by atoms with Gasteiger partial charge in [0.2, 0.25) is 0 Å². The quantitative estimate of drug-likeness (QED) is 0.749. The maximum Gasteiger partial charge on any atom is 0.252 e. The van der Waals surface area contributed by atoms with E-state index in [0.29, 0.717) is 0 Å². The SMILES string of the molecule is CCSc1ccccc1C(=O)NC(CC)c1ccc(OC)cc1. The molecule has 0 heterocycles. The second-order valence-corrected chi connectivity index (χ2v) is 6.44. The number of rotatable bonds is 7. The lowest BCUT2D eigenvalue weighted by molar-refractivity contribution is 0.0932. The van der Waals surface area contributed by atoms with E-state index in [0.717, 1.165) is 33.9 Å². The molecular formula is C19H23NO2S. The van der Waals surface area contributed by atoms with E-state index in [1.165, 1.54) is 0 Å². The predicted octanol–water partition coefficient (Wildman–Crippen LogP) is 4.69. The normalized spacial score (nSPS) is 11.8. The van der Waals surface area contributed by atoms with E-state index in [1.807, 2.05) is 48.5 Å². The second kappa shape index (κ2) is 8.63. The zero-order chi connectivity index (χ0) is 16.7. The summed E-state index contributed by atoms with van der Waals surface area (Å²) in [6.45, 7) is 4.16. The number of ether oxygens (including phenoxy) is 1. The Kier molecular flexibility index (Phi) is 6.53. The van der Waals surface area contributed by atoms with Gasteiger partial charge < -0.3 is 10.1 Å². The van der Waals surface area contributed by atoms with Crippen molar-refractivity contribution in [2.45, 2.75) is 31.2 Å². The van der Waals surface area contributed by atoms with Gasteiger partial charge in [-0.15, -0.1) is 11.8 Å². The van der Waals surface area contributed by atoms with E-state index in [9.17, 15) is 4.79 Å². The molecule has 122 valence electrons. The molecule has 0 fully saturated rings. The van der Waals surface area contributed by atoms with Gasteiger partial charge in [-0.25, -0.2) is 0 Å². The van der Waals surface area contributed by atoms with Crippen LogP contribution in [0.3, 0.4) is 0 Å². The van der Waals surface area contributed by atoms with Crippen molar-refractivity contribution in [1.82, 2.24) is 5.32 Å². The Morgan fingerprint density at radius 1 is 1.13 bits per heavy atom. The molecule has 0 aliphatic heterocycles. The highest BCUT2D eigenvalue weighted by molar-refractivity contribution is 7.99. The van der Waals surface area contributed by atoms with Gasteiger partial charge in [-0.2, -0.15) is 0 Å². The first-order valence-electron chi connectivity index (χ1n) is 7.86. The van der Waals surface area contributed by atoms with Crippen molar-refractivity contribution in [2.24, 2.45) is 0 Å². The van der Waals surface area contributed by atoms with Crippen molar-refractivity contribution in [3.63, 3.8) is 0 Å². The molecule has 1 unspecified atom stereocenters. The Morgan fingerprint density at radius 3 is 2.43 bits per heavy atom. The monoisotopic (exact) mass is 329 g/mol. The second-order valence-electron chi connectivity index (χ2n) is 5.14. The third kappa shape index (κ3) is 4.52. The van der Waals surface area contributed by atoms with Crippen LogP contribution in [0, 0.1) is 0 Å². The van der Waals surface area contributed by atoms with Crippen molar-refractivity contribution in [2.75, 3.05) is 12.9 Å². The fraction of sp³-hybridized carbons (Fsp3) is 0.316. The molecule has 0 bridgehead atoms. The Morgan fingerprint density at radius 2 is 1.83 bits per heavy atom. The van der Waals surface area contributed by atoms with Gasteiger partial charge in [0.25, 0.3) is 5.91 Å². The van der Waals surface area contributed by atoms with Gasteiger partial charge in [0, 0.05) is 4.90 Å². The van der Waals surface area contributed by atoms with Crippen LogP contribution in [0.1, 0.15) is 42.2 Å². The zero-order valence-corrected chi connectivity index (χ0v) is 14.7. The molecule has 2 rings (SSSR count). The summed E-state index contributed by atoms with van der Waals surface area (Å²) in [4.78, 5) is 13.7. The number of carbonyl (C=O) groups excluding carboxylic acids is 1. The summed E-state index contributed by atoms with van der Waals surface area (Å²) in [7, 11) is 1.65. The molecule has 1 N–H and O–H groups in total. The molecule has 1 atom stereocenters. The number of hydrogen-bond donors (Lipinski definition) is 1. The molecule has 3 nitrogen and oxygen atoms in total. The van der Waals surface area contributed by atoms with Crippen molar-refractivity contribution in [3.05, 3.63) is 59.7 Å². The molecule has 23 heavy (non-hydrogen) atoms. The van der Waals surface area contributed by atoms with E-state index >= 15 is 0 Å². The Bertz CT molecular complexity index is 640. The van der Waals surface area contributed by atoms with Crippen LogP contribution in [-0.2, 0) is 0 Å². The first-order chi connectivity index (χ1) is 11.2. The van der Waals surface area contributed by atoms with Crippen LogP contribution in [0.5, 0.6) is 5.75 Å². The Balaban J connectivity index is 2.16. The van der Waals surface area contributed by atoms with Crippen LogP contribution in [0.2, 0.25) is 0 Å². The van der Waals surface area contributed by atoms with E-state index in [1.54, 1.807) is 18.9 Å². The minimum absolute atomic E-state index is 0.00640. The fourth-order valence-electron chi connectivity index (χ4n) is 2.43. The standard InChI is InChI=1S/C19H23NO2S/c1-4-17(14-10-12-15(22-3)13-11-14)20-19(21)16-8-6-7-9-18(16)23-5-2/h6-13,17H,4-5H2,1-3H3,(H,20,21). The number of carbonyl (C=O) groups is 1. The molecule has 2 aromatic carbocycles. The van der Waals surface area contributed by atoms with Gasteiger partial charge in [0.05, 0.1) is 18.7 Å². The van der Waals surface area contributed by atoms with Gasteiger partial charge in [-0.1, -0.05) is 38.1 Å². The molecule has 0 aliphatic carbocycles. The average molecular weight is 329 g/mol. The summed E-state index contributed by atoms with van der Waals surface area (Å²) in [5, 5.41) is 3.14. The highest BCUT2D eigenvalue weighted by atomic mass is 32.2. The van der Waals surface area contributed by atoms with E-state index in [4.69, 9.17) is 4.74 Å². The van der Waals surface area contributed by atoms with Gasteiger partial charge >= 0.3 is 0 Å². The summed E-state index contributed by atoms with van der Waals surface area (Å²) < 4.78 is 5.19.